The third kappa shape index (κ3) is 5.03. The van der Waals surface area contributed by atoms with Gasteiger partial charge in [-0.15, -0.1) is 0 Å². The summed E-state index contributed by atoms with van der Waals surface area (Å²) in [6, 6.07) is 13.5. The van der Waals surface area contributed by atoms with Gasteiger partial charge in [0, 0.05) is 17.1 Å². The fourth-order valence-electron chi connectivity index (χ4n) is 1.75. The molecule has 0 heterocycles. The predicted octanol–water partition coefficient (Wildman–Crippen LogP) is 5.78. The van der Waals surface area contributed by atoms with Crippen LogP contribution in [0.4, 0.5) is 0 Å². The first-order chi connectivity index (χ1) is 9.85. The lowest BCUT2D eigenvalue weighted by atomic mass is 10.1. The quantitative estimate of drug-likeness (QED) is 0.738. The Kier molecular flexibility index (Phi) is 5.31. The SMILES string of the molecule is CC(C)(C)NCc1ccc(Oc2ccccc2Br)cc1Cl. The Morgan fingerprint density at radius 2 is 1.86 bits per heavy atom. The fraction of sp³-hybridized carbons (Fsp3) is 0.294. The largest absolute Gasteiger partial charge is 0.456 e. The van der Waals surface area contributed by atoms with E-state index in [0.717, 1.165) is 28.1 Å². The maximum atomic E-state index is 6.33. The number of halogens is 2. The van der Waals surface area contributed by atoms with Crippen molar-refractivity contribution in [3.63, 3.8) is 0 Å². The topological polar surface area (TPSA) is 21.3 Å². The molecule has 2 aromatic carbocycles. The molecule has 0 aromatic heterocycles. The lowest BCUT2D eigenvalue weighted by Crippen LogP contribution is -2.35. The van der Waals surface area contributed by atoms with Crippen LogP contribution in [0.5, 0.6) is 11.5 Å². The molecule has 0 amide bonds. The van der Waals surface area contributed by atoms with Crippen molar-refractivity contribution in [2.75, 3.05) is 0 Å². The first-order valence-corrected chi connectivity index (χ1v) is 7.98. The molecule has 2 aromatic rings. The summed E-state index contributed by atoms with van der Waals surface area (Å²) in [4.78, 5) is 0. The van der Waals surface area contributed by atoms with Gasteiger partial charge in [-0.1, -0.05) is 29.8 Å². The van der Waals surface area contributed by atoms with E-state index < -0.39 is 0 Å². The molecule has 1 N–H and O–H groups in total. The summed E-state index contributed by atoms with van der Waals surface area (Å²) < 4.78 is 6.75. The number of para-hydroxylation sites is 1. The van der Waals surface area contributed by atoms with Crippen LogP contribution in [0, 0.1) is 0 Å². The number of benzene rings is 2. The zero-order valence-corrected chi connectivity index (χ0v) is 14.8. The average molecular weight is 369 g/mol. The molecule has 2 rings (SSSR count). The number of nitrogens with one attached hydrogen (secondary N) is 1. The monoisotopic (exact) mass is 367 g/mol. The standard InChI is InChI=1S/C17H19BrClNO/c1-17(2,3)20-11-12-8-9-13(10-15(12)19)21-16-7-5-4-6-14(16)18/h4-10,20H,11H2,1-3H3. The third-order valence-electron chi connectivity index (χ3n) is 2.90. The molecule has 0 bridgehead atoms. The number of ether oxygens (including phenoxy) is 1. The van der Waals surface area contributed by atoms with E-state index in [0.29, 0.717) is 5.02 Å². The Bertz CT molecular complexity index is 622. The highest BCUT2D eigenvalue weighted by Gasteiger charge is 2.11. The van der Waals surface area contributed by atoms with E-state index in [1.54, 1.807) is 0 Å². The summed E-state index contributed by atoms with van der Waals surface area (Å²) >= 11 is 9.80. The van der Waals surface area contributed by atoms with Crippen LogP contribution in [0.15, 0.2) is 46.9 Å². The summed E-state index contributed by atoms with van der Waals surface area (Å²) in [5.41, 5.74) is 1.12. The summed E-state index contributed by atoms with van der Waals surface area (Å²) in [6.07, 6.45) is 0. The first-order valence-electron chi connectivity index (χ1n) is 6.81. The minimum absolute atomic E-state index is 0.0629. The lowest BCUT2D eigenvalue weighted by Gasteiger charge is -2.21. The molecule has 0 aliphatic rings. The van der Waals surface area contributed by atoms with Crippen LogP contribution in [-0.2, 0) is 6.54 Å². The van der Waals surface area contributed by atoms with Gasteiger partial charge in [-0.05, 0) is 66.5 Å². The summed E-state index contributed by atoms with van der Waals surface area (Å²) in [6.45, 7) is 7.12. The van der Waals surface area contributed by atoms with Crippen molar-refractivity contribution in [2.24, 2.45) is 0 Å². The smallest absolute Gasteiger partial charge is 0.141 e. The van der Waals surface area contributed by atoms with Crippen LogP contribution in [0.1, 0.15) is 26.3 Å². The minimum Gasteiger partial charge on any atom is -0.456 e. The van der Waals surface area contributed by atoms with Gasteiger partial charge in [0.25, 0.3) is 0 Å². The van der Waals surface area contributed by atoms with E-state index >= 15 is 0 Å². The van der Waals surface area contributed by atoms with E-state index in [4.69, 9.17) is 16.3 Å². The number of hydrogen-bond acceptors (Lipinski definition) is 2. The fourth-order valence-corrected chi connectivity index (χ4v) is 2.35. The number of rotatable bonds is 4. The van der Waals surface area contributed by atoms with E-state index in [1.807, 2.05) is 42.5 Å². The molecular formula is C17H19BrClNO. The molecule has 0 aliphatic carbocycles. The van der Waals surface area contributed by atoms with Crippen molar-refractivity contribution in [1.82, 2.24) is 5.32 Å². The zero-order valence-electron chi connectivity index (χ0n) is 12.4. The summed E-state index contributed by atoms with van der Waals surface area (Å²) in [7, 11) is 0. The molecular weight excluding hydrogens is 350 g/mol. The van der Waals surface area contributed by atoms with Gasteiger partial charge in [-0.25, -0.2) is 0 Å². The van der Waals surface area contributed by atoms with Crippen LogP contribution in [-0.4, -0.2) is 5.54 Å². The molecule has 0 saturated heterocycles. The van der Waals surface area contributed by atoms with Gasteiger partial charge in [0.2, 0.25) is 0 Å². The van der Waals surface area contributed by atoms with Crippen molar-refractivity contribution in [3.8, 4) is 11.5 Å². The van der Waals surface area contributed by atoms with Gasteiger partial charge in [0.1, 0.15) is 11.5 Å². The van der Waals surface area contributed by atoms with E-state index in [9.17, 15) is 0 Å². The molecule has 0 fully saturated rings. The van der Waals surface area contributed by atoms with Gasteiger partial charge in [-0.2, -0.15) is 0 Å². The van der Waals surface area contributed by atoms with Crippen LogP contribution in [0.2, 0.25) is 5.02 Å². The van der Waals surface area contributed by atoms with Crippen LogP contribution in [0.3, 0.4) is 0 Å². The van der Waals surface area contributed by atoms with Crippen molar-refractivity contribution >= 4 is 27.5 Å². The predicted molar refractivity (Wildman–Crippen MR) is 92.3 cm³/mol. The maximum Gasteiger partial charge on any atom is 0.141 e. The molecule has 2 nitrogen and oxygen atoms in total. The maximum absolute atomic E-state index is 6.33. The average Bonchev–Trinajstić information content (AvgIpc) is 2.39. The second-order valence-corrected chi connectivity index (χ2v) is 7.15. The van der Waals surface area contributed by atoms with Gasteiger partial charge < -0.3 is 10.1 Å². The normalized spacial score (nSPS) is 11.5. The van der Waals surface area contributed by atoms with E-state index in [2.05, 4.69) is 42.0 Å². The molecule has 0 radical (unpaired) electrons. The van der Waals surface area contributed by atoms with Gasteiger partial charge in [0.15, 0.2) is 0 Å². The Morgan fingerprint density at radius 3 is 2.48 bits per heavy atom. The van der Waals surface area contributed by atoms with Crippen LogP contribution >= 0.6 is 27.5 Å². The second kappa shape index (κ2) is 6.82. The Labute approximate surface area is 139 Å². The lowest BCUT2D eigenvalue weighted by molar-refractivity contribution is 0.424. The van der Waals surface area contributed by atoms with E-state index in [-0.39, 0.29) is 5.54 Å². The van der Waals surface area contributed by atoms with Gasteiger partial charge in [-0.3, -0.25) is 0 Å². The summed E-state index contributed by atoms with van der Waals surface area (Å²) in [5.74, 6) is 1.50. The number of hydrogen-bond donors (Lipinski definition) is 1. The highest BCUT2D eigenvalue weighted by molar-refractivity contribution is 9.10. The molecule has 0 unspecified atom stereocenters. The molecule has 0 aliphatic heterocycles. The third-order valence-corrected chi connectivity index (χ3v) is 3.91. The molecule has 21 heavy (non-hydrogen) atoms. The zero-order chi connectivity index (χ0) is 15.5. The van der Waals surface area contributed by atoms with Crippen LogP contribution in [0.25, 0.3) is 0 Å². The van der Waals surface area contributed by atoms with E-state index in [1.165, 1.54) is 0 Å². The van der Waals surface area contributed by atoms with Gasteiger partial charge >= 0.3 is 0 Å². The Hall–Kier alpha value is -1.03. The molecule has 112 valence electrons. The van der Waals surface area contributed by atoms with Crippen molar-refractivity contribution in [1.29, 1.82) is 0 Å². The Balaban J connectivity index is 2.10. The minimum atomic E-state index is 0.0629. The highest BCUT2D eigenvalue weighted by Crippen LogP contribution is 2.31. The van der Waals surface area contributed by atoms with Crippen molar-refractivity contribution in [3.05, 3.63) is 57.5 Å². The second-order valence-electron chi connectivity index (χ2n) is 5.89. The summed E-state index contributed by atoms with van der Waals surface area (Å²) in [5, 5.41) is 4.13. The Morgan fingerprint density at radius 1 is 1.14 bits per heavy atom. The van der Waals surface area contributed by atoms with Gasteiger partial charge in [0.05, 0.1) is 4.47 Å². The first kappa shape index (κ1) is 16.3. The van der Waals surface area contributed by atoms with Crippen LogP contribution < -0.4 is 10.1 Å². The molecule has 0 spiro atoms. The van der Waals surface area contributed by atoms with Crippen molar-refractivity contribution < 1.29 is 4.74 Å². The molecule has 0 atom stereocenters. The molecule has 4 heteroatoms. The highest BCUT2D eigenvalue weighted by atomic mass is 79.9. The van der Waals surface area contributed by atoms with Crippen molar-refractivity contribution in [2.45, 2.75) is 32.9 Å². The molecule has 0 saturated carbocycles.